The molecule has 1 aliphatic heterocycles. The van der Waals surface area contributed by atoms with Gasteiger partial charge < -0.3 is 10.6 Å². The van der Waals surface area contributed by atoms with E-state index >= 15 is 0 Å². The standard InChI is InChI=1S/C17H27N3/c1-14-3-2-4-17(13-14)20-11-9-19(10-12-20)16-7-5-15(18)6-8-16/h2-4,13,15-16H,5-12,18H2,1H3. The molecule has 3 rings (SSSR count). The van der Waals surface area contributed by atoms with E-state index in [4.69, 9.17) is 5.73 Å². The fourth-order valence-electron chi connectivity index (χ4n) is 3.64. The molecule has 1 aromatic rings. The van der Waals surface area contributed by atoms with Gasteiger partial charge in [-0.2, -0.15) is 0 Å². The largest absolute Gasteiger partial charge is 0.369 e. The smallest absolute Gasteiger partial charge is 0.0369 e. The minimum atomic E-state index is 0.458. The van der Waals surface area contributed by atoms with Gasteiger partial charge in [-0.15, -0.1) is 0 Å². The van der Waals surface area contributed by atoms with Crippen molar-refractivity contribution in [2.75, 3.05) is 31.1 Å². The van der Waals surface area contributed by atoms with Crippen molar-refractivity contribution in [1.82, 2.24) is 4.90 Å². The van der Waals surface area contributed by atoms with Crippen molar-refractivity contribution in [2.24, 2.45) is 5.73 Å². The third-order valence-electron chi connectivity index (χ3n) is 4.94. The molecule has 1 aromatic carbocycles. The van der Waals surface area contributed by atoms with Crippen LogP contribution in [0.1, 0.15) is 31.2 Å². The molecule has 2 N–H and O–H groups in total. The lowest BCUT2D eigenvalue weighted by Crippen LogP contribution is -2.51. The first-order valence-electron chi connectivity index (χ1n) is 8.03. The summed E-state index contributed by atoms with van der Waals surface area (Å²) >= 11 is 0. The van der Waals surface area contributed by atoms with E-state index in [0.29, 0.717) is 6.04 Å². The summed E-state index contributed by atoms with van der Waals surface area (Å²) in [6.45, 7) is 6.89. The third-order valence-corrected chi connectivity index (χ3v) is 4.94. The lowest BCUT2D eigenvalue weighted by molar-refractivity contribution is 0.142. The van der Waals surface area contributed by atoms with Crippen molar-refractivity contribution in [1.29, 1.82) is 0 Å². The second kappa shape index (κ2) is 6.15. The average Bonchev–Trinajstić information content (AvgIpc) is 2.48. The molecule has 0 atom stereocenters. The van der Waals surface area contributed by atoms with Crippen LogP contribution in [-0.4, -0.2) is 43.2 Å². The Balaban J connectivity index is 1.54. The first-order valence-corrected chi connectivity index (χ1v) is 8.03. The predicted molar refractivity (Wildman–Crippen MR) is 85.2 cm³/mol. The Morgan fingerprint density at radius 3 is 2.35 bits per heavy atom. The molecule has 0 unspecified atom stereocenters. The van der Waals surface area contributed by atoms with Gasteiger partial charge in [0.15, 0.2) is 0 Å². The molecule has 3 heteroatoms. The Bertz CT molecular complexity index is 430. The van der Waals surface area contributed by atoms with E-state index in [2.05, 4.69) is 41.0 Å². The van der Waals surface area contributed by atoms with Crippen LogP contribution in [0.25, 0.3) is 0 Å². The molecular formula is C17H27N3. The molecule has 0 bridgehead atoms. The number of nitrogens with two attached hydrogens (primary N) is 1. The van der Waals surface area contributed by atoms with Gasteiger partial charge in [0.05, 0.1) is 0 Å². The van der Waals surface area contributed by atoms with Crippen LogP contribution in [0.2, 0.25) is 0 Å². The van der Waals surface area contributed by atoms with Crippen molar-refractivity contribution in [2.45, 2.75) is 44.7 Å². The molecule has 2 fully saturated rings. The fourth-order valence-corrected chi connectivity index (χ4v) is 3.64. The van der Waals surface area contributed by atoms with Gasteiger partial charge in [-0.1, -0.05) is 12.1 Å². The first-order chi connectivity index (χ1) is 9.72. The minimum Gasteiger partial charge on any atom is -0.369 e. The summed E-state index contributed by atoms with van der Waals surface area (Å²) in [5, 5.41) is 0. The van der Waals surface area contributed by atoms with Crippen LogP contribution in [0.4, 0.5) is 5.69 Å². The number of benzene rings is 1. The predicted octanol–water partition coefficient (Wildman–Crippen LogP) is 2.39. The first kappa shape index (κ1) is 13.9. The van der Waals surface area contributed by atoms with Crippen molar-refractivity contribution < 1.29 is 0 Å². The molecule has 0 radical (unpaired) electrons. The van der Waals surface area contributed by atoms with Crippen LogP contribution in [-0.2, 0) is 0 Å². The lowest BCUT2D eigenvalue weighted by Gasteiger charge is -2.42. The van der Waals surface area contributed by atoms with Crippen molar-refractivity contribution >= 4 is 5.69 Å². The molecule has 110 valence electrons. The van der Waals surface area contributed by atoms with Gasteiger partial charge >= 0.3 is 0 Å². The highest BCUT2D eigenvalue weighted by molar-refractivity contribution is 5.48. The number of nitrogens with zero attached hydrogens (tertiary/aromatic N) is 2. The zero-order valence-electron chi connectivity index (χ0n) is 12.6. The molecule has 1 heterocycles. The van der Waals surface area contributed by atoms with Crippen LogP contribution in [0.5, 0.6) is 0 Å². The normalized spacial score (nSPS) is 28.6. The van der Waals surface area contributed by atoms with E-state index in [1.165, 1.54) is 50.0 Å². The molecule has 2 aliphatic rings. The molecular weight excluding hydrogens is 246 g/mol. The van der Waals surface area contributed by atoms with Crippen molar-refractivity contribution in [3.8, 4) is 0 Å². The fraction of sp³-hybridized carbons (Fsp3) is 0.647. The summed E-state index contributed by atoms with van der Waals surface area (Å²) in [6.07, 6.45) is 5.02. The van der Waals surface area contributed by atoms with Crippen LogP contribution < -0.4 is 10.6 Å². The SMILES string of the molecule is Cc1cccc(N2CCN(C3CCC(N)CC3)CC2)c1. The Hall–Kier alpha value is -1.06. The van der Waals surface area contributed by atoms with Crippen LogP contribution >= 0.6 is 0 Å². The van der Waals surface area contributed by atoms with E-state index in [-0.39, 0.29) is 0 Å². The second-order valence-electron chi connectivity index (χ2n) is 6.43. The molecule has 0 amide bonds. The van der Waals surface area contributed by atoms with Gasteiger partial charge in [-0.25, -0.2) is 0 Å². The minimum absolute atomic E-state index is 0.458. The molecule has 20 heavy (non-hydrogen) atoms. The maximum atomic E-state index is 6.01. The quantitative estimate of drug-likeness (QED) is 0.898. The van der Waals surface area contributed by atoms with Crippen molar-refractivity contribution in [3.05, 3.63) is 29.8 Å². The van der Waals surface area contributed by atoms with Gasteiger partial charge in [-0.3, -0.25) is 4.90 Å². The van der Waals surface area contributed by atoms with Gasteiger partial charge in [0.2, 0.25) is 0 Å². The van der Waals surface area contributed by atoms with Gasteiger partial charge in [0, 0.05) is 44.0 Å². The van der Waals surface area contributed by atoms with Crippen LogP contribution in [0.3, 0.4) is 0 Å². The summed E-state index contributed by atoms with van der Waals surface area (Å²) < 4.78 is 0. The number of hydrogen-bond acceptors (Lipinski definition) is 3. The number of rotatable bonds is 2. The van der Waals surface area contributed by atoms with E-state index < -0.39 is 0 Å². The zero-order chi connectivity index (χ0) is 13.9. The van der Waals surface area contributed by atoms with E-state index in [0.717, 1.165) is 19.1 Å². The Kier molecular flexibility index (Phi) is 4.27. The highest BCUT2D eigenvalue weighted by atomic mass is 15.3. The topological polar surface area (TPSA) is 32.5 Å². The van der Waals surface area contributed by atoms with Gasteiger partial charge in [0.25, 0.3) is 0 Å². The Labute approximate surface area is 122 Å². The molecule has 0 spiro atoms. The number of piperazine rings is 1. The van der Waals surface area contributed by atoms with E-state index in [1.807, 2.05) is 0 Å². The maximum Gasteiger partial charge on any atom is 0.0369 e. The summed E-state index contributed by atoms with van der Waals surface area (Å²) in [5.74, 6) is 0. The number of hydrogen-bond donors (Lipinski definition) is 1. The molecule has 1 saturated heterocycles. The molecule has 0 aromatic heterocycles. The maximum absolute atomic E-state index is 6.01. The number of aryl methyl sites for hydroxylation is 1. The van der Waals surface area contributed by atoms with E-state index in [1.54, 1.807) is 0 Å². The summed E-state index contributed by atoms with van der Waals surface area (Å²) in [5.41, 5.74) is 8.75. The monoisotopic (exact) mass is 273 g/mol. The van der Waals surface area contributed by atoms with Crippen LogP contribution in [0.15, 0.2) is 24.3 Å². The lowest BCUT2D eigenvalue weighted by atomic mass is 9.90. The van der Waals surface area contributed by atoms with Crippen molar-refractivity contribution in [3.63, 3.8) is 0 Å². The average molecular weight is 273 g/mol. The van der Waals surface area contributed by atoms with Gasteiger partial charge in [-0.05, 0) is 50.3 Å². The summed E-state index contributed by atoms with van der Waals surface area (Å²) in [4.78, 5) is 5.22. The number of anilines is 1. The molecule has 1 aliphatic carbocycles. The third kappa shape index (κ3) is 3.15. The Morgan fingerprint density at radius 1 is 1.00 bits per heavy atom. The molecule has 1 saturated carbocycles. The second-order valence-corrected chi connectivity index (χ2v) is 6.43. The highest BCUT2D eigenvalue weighted by Gasteiger charge is 2.27. The summed E-state index contributed by atoms with van der Waals surface area (Å²) in [7, 11) is 0. The van der Waals surface area contributed by atoms with E-state index in [9.17, 15) is 0 Å². The Morgan fingerprint density at radius 2 is 1.70 bits per heavy atom. The molecule has 3 nitrogen and oxygen atoms in total. The zero-order valence-corrected chi connectivity index (χ0v) is 12.6. The highest BCUT2D eigenvalue weighted by Crippen LogP contribution is 2.24. The summed E-state index contributed by atoms with van der Waals surface area (Å²) in [6, 6.07) is 10.1. The van der Waals surface area contributed by atoms with Gasteiger partial charge in [0.1, 0.15) is 0 Å². The van der Waals surface area contributed by atoms with Crippen LogP contribution in [0, 0.1) is 6.92 Å².